The molecular formula is C16H16F6N6O2. The zero-order valence-electron chi connectivity index (χ0n) is 15.5. The number of methoxy groups -OCH3 is 1. The number of nitrogens with one attached hydrogen (secondary N) is 3. The van der Waals surface area contributed by atoms with E-state index in [-0.39, 0.29) is 23.9 Å². The van der Waals surface area contributed by atoms with Crippen molar-refractivity contribution in [1.29, 1.82) is 0 Å². The van der Waals surface area contributed by atoms with Crippen LogP contribution in [0.3, 0.4) is 0 Å². The van der Waals surface area contributed by atoms with Crippen LogP contribution in [-0.2, 0) is 17.1 Å². The van der Waals surface area contributed by atoms with Gasteiger partial charge in [0, 0.05) is 19.4 Å². The van der Waals surface area contributed by atoms with Gasteiger partial charge in [0.25, 0.3) is 5.91 Å². The van der Waals surface area contributed by atoms with Crippen LogP contribution in [0.25, 0.3) is 0 Å². The average Bonchev–Trinajstić information content (AvgIpc) is 3.10. The second-order valence-electron chi connectivity index (χ2n) is 5.96. The van der Waals surface area contributed by atoms with Gasteiger partial charge in [0.05, 0.1) is 18.2 Å². The van der Waals surface area contributed by atoms with Crippen molar-refractivity contribution in [3.8, 4) is 0 Å². The Labute approximate surface area is 165 Å². The molecule has 1 amide bonds. The van der Waals surface area contributed by atoms with E-state index in [2.05, 4.69) is 25.7 Å². The van der Waals surface area contributed by atoms with Crippen molar-refractivity contribution in [2.45, 2.75) is 25.3 Å². The molecule has 0 fully saturated rings. The Morgan fingerprint density at radius 2 is 1.93 bits per heavy atom. The predicted octanol–water partition coefficient (Wildman–Crippen LogP) is 3.08. The Morgan fingerprint density at radius 3 is 2.43 bits per heavy atom. The molecule has 0 unspecified atom stereocenters. The number of ether oxygens (including phenoxy) is 1. The lowest BCUT2D eigenvalue weighted by Gasteiger charge is -2.13. The maximum atomic E-state index is 12.7. The number of anilines is 1. The molecule has 0 aromatic carbocycles. The molecule has 0 aliphatic heterocycles. The molecule has 30 heavy (non-hydrogen) atoms. The van der Waals surface area contributed by atoms with Crippen molar-refractivity contribution in [3.05, 3.63) is 41.3 Å². The van der Waals surface area contributed by atoms with Crippen LogP contribution in [0.1, 0.15) is 28.7 Å². The van der Waals surface area contributed by atoms with Crippen molar-refractivity contribution < 1.29 is 35.9 Å². The number of alkyl halides is 6. The molecule has 14 heteroatoms. The zero-order valence-corrected chi connectivity index (χ0v) is 15.5. The Bertz CT molecular complexity index is 891. The van der Waals surface area contributed by atoms with Crippen molar-refractivity contribution >= 4 is 17.7 Å². The number of pyridine rings is 1. The van der Waals surface area contributed by atoms with Crippen LogP contribution < -0.4 is 10.6 Å². The number of guanidine groups is 1. The topological polar surface area (TPSA) is 104 Å². The molecule has 0 radical (unpaired) electrons. The van der Waals surface area contributed by atoms with Gasteiger partial charge in [-0.15, -0.1) is 0 Å². The van der Waals surface area contributed by atoms with Gasteiger partial charge >= 0.3 is 12.4 Å². The summed E-state index contributed by atoms with van der Waals surface area (Å²) in [7, 11) is 1.40. The number of rotatable bonds is 5. The van der Waals surface area contributed by atoms with E-state index in [1.54, 1.807) is 12.0 Å². The van der Waals surface area contributed by atoms with E-state index >= 15 is 0 Å². The van der Waals surface area contributed by atoms with Crippen molar-refractivity contribution in [2.75, 3.05) is 19.0 Å². The van der Waals surface area contributed by atoms with E-state index in [1.807, 2.05) is 0 Å². The largest absolute Gasteiger partial charge is 0.433 e. The lowest BCUT2D eigenvalue weighted by molar-refractivity contribution is -0.142. The summed E-state index contributed by atoms with van der Waals surface area (Å²) in [5.74, 6) is -1.47. The summed E-state index contributed by atoms with van der Waals surface area (Å²) in [5.41, 5.74) is -2.54. The fraction of sp³-hybridized carbons (Fsp3) is 0.375. The molecule has 1 atom stereocenters. The van der Waals surface area contributed by atoms with E-state index in [0.29, 0.717) is 18.3 Å². The van der Waals surface area contributed by atoms with Crippen LogP contribution in [-0.4, -0.2) is 46.8 Å². The van der Waals surface area contributed by atoms with Gasteiger partial charge in [-0.3, -0.25) is 20.2 Å². The average molecular weight is 438 g/mol. The molecular weight excluding hydrogens is 422 g/mol. The molecule has 8 nitrogen and oxygen atoms in total. The van der Waals surface area contributed by atoms with Gasteiger partial charge in [-0.25, -0.2) is 4.99 Å². The van der Waals surface area contributed by atoms with E-state index in [9.17, 15) is 31.1 Å². The Kier molecular flexibility index (Phi) is 7.02. The molecule has 0 saturated heterocycles. The van der Waals surface area contributed by atoms with Crippen LogP contribution in [0.15, 0.2) is 29.4 Å². The number of hydrogen-bond donors (Lipinski definition) is 3. The first-order valence-electron chi connectivity index (χ1n) is 8.21. The number of aliphatic imine (C=N–C) groups is 1. The van der Waals surface area contributed by atoms with Gasteiger partial charge in [-0.2, -0.15) is 31.4 Å². The molecule has 164 valence electrons. The van der Waals surface area contributed by atoms with Crippen molar-refractivity contribution in [3.63, 3.8) is 0 Å². The van der Waals surface area contributed by atoms with Crippen LogP contribution in [0, 0.1) is 0 Å². The van der Waals surface area contributed by atoms with Gasteiger partial charge in [-0.05, 0) is 19.1 Å². The number of carbonyl (C=O) groups is 1. The lowest BCUT2D eigenvalue weighted by atomic mass is 10.2. The number of aromatic nitrogens is 3. The third kappa shape index (κ3) is 6.43. The lowest BCUT2D eigenvalue weighted by Crippen LogP contribution is -2.37. The number of carbonyl (C=O) groups excluding carboxylic acids is 1. The normalized spacial score (nSPS) is 13.8. The molecule has 3 N–H and O–H groups in total. The summed E-state index contributed by atoms with van der Waals surface area (Å²) in [6.07, 6.45) is -8.62. The van der Waals surface area contributed by atoms with E-state index in [0.717, 1.165) is 6.07 Å². The third-order valence-corrected chi connectivity index (χ3v) is 3.44. The summed E-state index contributed by atoms with van der Waals surface area (Å²) >= 11 is 0. The molecule has 0 spiro atoms. The zero-order chi connectivity index (χ0) is 22.5. The van der Waals surface area contributed by atoms with E-state index < -0.39 is 35.7 Å². The molecule has 2 heterocycles. The maximum absolute atomic E-state index is 12.7. The number of H-pyrrole nitrogens is 1. The van der Waals surface area contributed by atoms with Gasteiger partial charge < -0.3 is 10.1 Å². The Hall–Kier alpha value is -3.16. The maximum Gasteiger partial charge on any atom is 0.433 e. The summed E-state index contributed by atoms with van der Waals surface area (Å²) in [4.78, 5) is 19.6. The summed E-state index contributed by atoms with van der Waals surface area (Å²) < 4.78 is 80.7. The monoisotopic (exact) mass is 438 g/mol. The quantitative estimate of drug-likeness (QED) is 0.378. The molecule has 0 saturated carbocycles. The number of halogens is 6. The van der Waals surface area contributed by atoms with Crippen molar-refractivity contribution in [1.82, 2.24) is 20.5 Å². The summed E-state index contributed by atoms with van der Waals surface area (Å²) in [6.45, 7) is 1.72. The molecule has 2 aromatic rings. The Morgan fingerprint density at radius 1 is 1.23 bits per heavy atom. The smallest absolute Gasteiger partial charge is 0.382 e. The van der Waals surface area contributed by atoms with Crippen LogP contribution in [0.5, 0.6) is 0 Å². The van der Waals surface area contributed by atoms with Gasteiger partial charge in [0.15, 0.2) is 5.82 Å². The van der Waals surface area contributed by atoms with Gasteiger partial charge in [0.2, 0.25) is 5.96 Å². The number of aromatic amines is 1. The van der Waals surface area contributed by atoms with Gasteiger partial charge in [-0.1, -0.05) is 0 Å². The highest BCUT2D eigenvalue weighted by atomic mass is 19.4. The van der Waals surface area contributed by atoms with Crippen LogP contribution in [0.2, 0.25) is 0 Å². The van der Waals surface area contributed by atoms with E-state index in [4.69, 9.17) is 4.74 Å². The number of hydrogen-bond acceptors (Lipinski definition) is 5. The first-order chi connectivity index (χ1) is 13.9. The Balaban J connectivity index is 2.20. The number of amides is 1. The van der Waals surface area contributed by atoms with Crippen LogP contribution >= 0.6 is 0 Å². The molecule has 2 aromatic heterocycles. The fourth-order valence-electron chi connectivity index (χ4n) is 2.12. The standard InChI is InChI=1S/C16H16F6N6O2/c1-8(7-30-2)24-14(25-12-5-11(27-28-12)16(20,21)22)26-13(29)9-3-4-10(23-6-9)15(17,18)19/h3-6,8H,7H2,1-2H3,(H3,24,25,26,27,28,29)/t8-/m0/s1. The first-order valence-corrected chi connectivity index (χ1v) is 8.21. The molecule has 0 aliphatic rings. The highest BCUT2D eigenvalue weighted by Gasteiger charge is 2.33. The highest BCUT2D eigenvalue weighted by Crippen LogP contribution is 2.29. The second-order valence-corrected chi connectivity index (χ2v) is 5.96. The summed E-state index contributed by atoms with van der Waals surface area (Å²) in [6, 6.07) is 1.65. The number of nitrogens with zero attached hydrogens (tertiary/aromatic N) is 3. The SMILES string of the molecule is COC[C@H](C)N=C(NC(=O)c1ccc(C(F)(F)F)nc1)Nc1cc(C(F)(F)F)[nH]n1. The first kappa shape index (κ1) is 23.1. The van der Waals surface area contributed by atoms with Crippen molar-refractivity contribution in [2.24, 2.45) is 4.99 Å². The predicted molar refractivity (Wildman–Crippen MR) is 92.7 cm³/mol. The van der Waals surface area contributed by atoms with E-state index in [1.165, 1.54) is 7.11 Å². The highest BCUT2D eigenvalue weighted by molar-refractivity contribution is 6.09. The molecule has 2 rings (SSSR count). The third-order valence-electron chi connectivity index (χ3n) is 3.44. The minimum absolute atomic E-state index is 0.122. The summed E-state index contributed by atoms with van der Waals surface area (Å²) in [5, 5.41) is 9.91. The fourth-order valence-corrected chi connectivity index (χ4v) is 2.12. The minimum Gasteiger partial charge on any atom is -0.382 e. The molecule has 0 aliphatic carbocycles. The second kappa shape index (κ2) is 9.11. The minimum atomic E-state index is -4.67. The van der Waals surface area contributed by atoms with Crippen LogP contribution in [0.4, 0.5) is 32.2 Å². The molecule has 0 bridgehead atoms. The van der Waals surface area contributed by atoms with Gasteiger partial charge in [0.1, 0.15) is 11.4 Å².